The van der Waals surface area contributed by atoms with Crippen LogP contribution in [0.3, 0.4) is 0 Å². The Morgan fingerprint density at radius 2 is 1.33 bits per heavy atom. The zero-order chi connectivity index (χ0) is 13.3. The molecule has 6 heteroatoms. The molecule has 0 saturated carbocycles. The van der Waals surface area contributed by atoms with Crippen molar-refractivity contribution < 1.29 is 4.74 Å². The lowest BCUT2D eigenvalue weighted by atomic mass is 10.2. The van der Waals surface area contributed by atoms with Crippen molar-refractivity contribution in [3.63, 3.8) is 0 Å². The molecular weight excluding hydrogens is 230 g/mol. The Morgan fingerprint density at radius 1 is 0.667 bits per heavy atom. The Morgan fingerprint density at radius 3 is 2.00 bits per heavy atom. The first-order valence-electron chi connectivity index (χ1n) is 5.24. The minimum absolute atomic E-state index is 0.320. The van der Waals surface area contributed by atoms with Gasteiger partial charge in [0.25, 0.3) is 0 Å². The van der Waals surface area contributed by atoms with Crippen LogP contribution in [0, 0.1) is 0 Å². The zero-order valence-corrected chi connectivity index (χ0v) is 9.68. The van der Waals surface area contributed by atoms with Crippen molar-refractivity contribution >= 4 is 28.4 Å². The molecule has 0 unspecified atom stereocenters. The van der Waals surface area contributed by atoms with Gasteiger partial charge in [0.2, 0.25) is 0 Å². The van der Waals surface area contributed by atoms with Gasteiger partial charge in [0, 0.05) is 17.4 Å². The second kappa shape index (κ2) is 4.25. The Bertz CT molecular complexity index is 597. The molecule has 0 aliphatic rings. The SMILES string of the molecule is Nc1ccc(Oc2cc(N)cc(N)c2N)c(N)c1. The van der Waals surface area contributed by atoms with Gasteiger partial charge in [-0.3, -0.25) is 0 Å². The predicted octanol–water partition coefficient (Wildman–Crippen LogP) is 1.39. The van der Waals surface area contributed by atoms with E-state index in [1.807, 2.05) is 0 Å². The van der Waals surface area contributed by atoms with Crippen LogP contribution < -0.4 is 33.4 Å². The van der Waals surface area contributed by atoms with E-state index >= 15 is 0 Å². The van der Waals surface area contributed by atoms with Gasteiger partial charge in [-0.25, -0.2) is 0 Å². The normalized spacial score (nSPS) is 10.2. The van der Waals surface area contributed by atoms with Crippen LogP contribution in [0.4, 0.5) is 28.4 Å². The lowest BCUT2D eigenvalue weighted by Crippen LogP contribution is -2.01. The van der Waals surface area contributed by atoms with Gasteiger partial charge in [-0.15, -0.1) is 0 Å². The van der Waals surface area contributed by atoms with Crippen LogP contribution in [0.25, 0.3) is 0 Å². The molecule has 18 heavy (non-hydrogen) atoms. The molecular formula is C12H15N5O. The van der Waals surface area contributed by atoms with Gasteiger partial charge < -0.3 is 33.4 Å². The highest BCUT2D eigenvalue weighted by molar-refractivity contribution is 5.76. The predicted molar refractivity (Wildman–Crippen MR) is 75.0 cm³/mol. The highest BCUT2D eigenvalue weighted by Gasteiger charge is 2.09. The van der Waals surface area contributed by atoms with Crippen LogP contribution in [0.1, 0.15) is 0 Å². The maximum atomic E-state index is 5.81. The molecule has 2 rings (SSSR count). The van der Waals surface area contributed by atoms with Crippen molar-refractivity contribution in [2.45, 2.75) is 0 Å². The van der Waals surface area contributed by atoms with E-state index in [1.165, 1.54) is 0 Å². The van der Waals surface area contributed by atoms with Gasteiger partial charge in [0.1, 0.15) is 0 Å². The Balaban J connectivity index is 2.40. The largest absolute Gasteiger partial charge is 0.453 e. The summed E-state index contributed by atoms with van der Waals surface area (Å²) in [6.45, 7) is 0. The number of benzene rings is 2. The summed E-state index contributed by atoms with van der Waals surface area (Å²) in [5, 5.41) is 0. The fraction of sp³-hybridized carbons (Fsp3) is 0. The third-order valence-electron chi connectivity index (χ3n) is 2.45. The molecule has 0 aliphatic carbocycles. The molecule has 2 aromatic rings. The fourth-order valence-electron chi connectivity index (χ4n) is 1.53. The van der Waals surface area contributed by atoms with Crippen molar-refractivity contribution in [2.24, 2.45) is 0 Å². The van der Waals surface area contributed by atoms with Gasteiger partial charge in [-0.1, -0.05) is 0 Å². The monoisotopic (exact) mass is 245 g/mol. The van der Waals surface area contributed by atoms with Gasteiger partial charge >= 0.3 is 0 Å². The fourth-order valence-corrected chi connectivity index (χ4v) is 1.53. The molecule has 0 bridgehead atoms. The maximum Gasteiger partial charge on any atom is 0.154 e. The highest BCUT2D eigenvalue weighted by Crippen LogP contribution is 2.36. The minimum atomic E-state index is 0.320. The first-order valence-corrected chi connectivity index (χ1v) is 5.24. The first kappa shape index (κ1) is 11.7. The van der Waals surface area contributed by atoms with E-state index in [0.717, 1.165) is 0 Å². The van der Waals surface area contributed by atoms with Crippen molar-refractivity contribution in [3.05, 3.63) is 30.3 Å². The molecule has 0 spiro atoms. The molecule has 0 heterocycles. The van der Waals surface area contributed by atoms with Crippen LogP contribution in [0.5, 0.6) is 11.5 Å². The number of hydrogen-bond acceptors (Lipinski definition) is 6. The van der Waals surface area contributed by atoms with E-state index in [2.05, 4.69) is 0 Å². The molecule has 94 valence electrons. The van der Waals surface area contributed by atoms with E-state index in [4.69, 9.17) is 33.4 Å². The zero-order valence-electron chi connectivity index (χ0n) is 9.68. The van der Waals surface area contributed by atoms with Crippen LogP contribution >= 0.6 is 0 Å². The average molecular weight is 245 g/mol. The second-order valence-electron chi connectivity index (χ2n) is 3.92. The number of nitrogen functional groups attached to an aromatic ring is 5. The van der Waals surface area contributed by atoms with E-state index in [1.54, 1.807) is 30.3 Å². The van der Waals surface area contributed by atoms with Gasteiger partial charge in [-0.05, 0) is 24.3 Å². The Hall–Kier alpha value is -2.76. The molecule has 10 N–H and O–H groups in total. The number of ether oxygens (including phenoxy) is 1. The van der Waals surface area contributed by atoms with E-state index in [9.17, 15) is 0 Å². The standard InChI is InChI=1S/C12H15N5O/c13-6-1-2-10(8(15)3-6)18-11-5-7(14)4-9(16)12(11)17/h1-5H,13-17H2. The molecule has 0 aliphatic heterocycles. The molecule has 0 fully saturated rings. The minimum Gasteiger partial charge on any atom is -0.453 e. The first-order chi connectivity index (χ1) is 8.47. The van der Waals surface area contributed by atoms with E-state index in [0.29, 0.717) is 39.9 Å². The van der Waals surface area contributed by atoms with Gasteiger partial charge in [0.05, 0.1) is 17.1 Å². The summed E-state index contributed by atoms with van der Waals surface area (Å²) in [5.41, 5.74) is 30.7. The number of rotatable bonds is 2. The summed E-state index contributed by atoms with van der Waals surface area (Å²) in [7, 11) is 0. The topological polar surface area (TPSA) is 139 Å². The lowest BCUT2D eigenvalue weighted by molar-refractivity contribution is 0.488. The average Bonchev–Trinajstić information content (AvgIpc) is 2.29. The summed E-state index contributed by atoms with van der Waals surface area (Å²) in [6.07, 6.45) is 0. The van der Waals surface area contributed by atoms with Crippen molar-refractivity contribution in [3.8, 4) is 11.5 Å². The quantitative estimate of drug-likeness (QED) is 0.506. The van der Waals surface area contributed by atoms with E-state index in [-0.39, 0.29) is 0 Å². The van der Waals surface area contributed by atoms with Crippen LogP contribution in [0.15, 0.2) is 30.3 Å². The van der Waals surface area contributed by atoms with Crippen LogP contribution in [-0.4, -0.2) is 0 Å². The second-order valence-corrected chi connectivity index (χ2v) is 3.92. The summed E-state index contributed by atoms with van der Waals surface area (Å²) in [5.74, 6) is 0.810. The molecule has 0 radical (unpaired) electrons. The van der Waals surface area contributed by atoms with Crippen molar-refractivity contribution in [1.29, 1.82) is 0 Å². The number of anilines is 5. The van der Waals surface area contributed by atoms with Crippen LogP contribution in [0.2, 0.25) is 0 Å². The lowest BCUT2D eigenvalue weighted by Gasteiger charge is -2.13. The smallest absolute Gasteiger partial charge is 0.154 e. The Kier molecular flexibility index (Phi) is 2.77. The summed E-state index contributed by atoms with van der Waals surface area (Å²) < 4.78 is 5.59. The van der Waals surface area contributed by atoms with Crippen molar-refractivity contribution in [1.82, 2.24) is 0 Å². The molecule has 0 amide bonds. The third kappa shape index (κ3) is 2.17. The van der Waals surface area contributed by atoms with E-state index < -0.39 is 0 Å². The van der Waals surface area contributed by atoms with Crippen LogP contribution in [-0.2, 0) is 0 Å². The van der Waals surface area contributed by atoms with Gasteiger partial charge in [-0.2, -0.15) is 0 Å². The molecule has 2 aromatic carbocycles. The number of hydrogen-bond donors (Lipinski definition) is 5. The summed E-state index contributed by atoms with van der Waals surface area (Å²) in [4.78, 5) is 0. The maximum absolute atomic E-state index is 5.81. The third-order valence-corrected chi connectivity index (χ3v) is 2.45. The number of nitrogens with two attached hydrogens (primary N) is 5. The molecule has 0 aromatic heterocycles. The highest BCUT2D eigenvalue weighted by atomic mass is 16.5. The van der Waals surface area contributed by atoms with Gasteiger partial charge in [0.15, 0.2) is 11.5 Å². The molecule has 0 saturated heterocycles. The Labute approximate surface area is 104 Å². The summed E-state index contributed by atoms with van der Waals surface area (Å²) >= 11 is 0. The summed E-state index contributed by atoms with van der Waals surface area (Å²) in [6, 6.07) is 8.08. The van der Waals surface area contributed by atoms with Crippen molar-refractivity contribution in [2.75, 3.05) is 28.7 Å². The molecule has 0 atom stereocenters. The molecule has 6 nitrogen and oxygen atoms in total.